The molecular weight excluding hydrogens is 747 g/mol. The van der Waals surface area contributed by atoms with Gasteiger partial charge in [0.1, 0.15) is 23.0 Å². The molecule has 0 saturated carbocycles. The van der Waals surface area contributed by atoms with Crippen molar-refractivity contribution in [3.8, 4) is 23.0 Å². The maximum Gasteiger partial charge on any atom is 0.460 e. The number of hydrogen-bond acceptors (Lipinski definition) is 4. The van der Waals surface area contributed by atoms with Gasteiger partial charge in [-0.05, 0) is 77.9 Å². The Hall–Kier alpha value is -5.49. The van der Waals surface area contributed by atoms with Crippen LogP contribution in [0.2, 0.25) is 0 Å². The van der Waals surface area contributed by atoms with E-state index in [1.165, 1.54) is 31.2 Å². The summed E-state index contributed by atoms with van der Waals surface area (Å²) in [6.07, 6.45) is -18.9. The minimum atomic E-state index is -6.77. The van der Waals surface area contributed by atoms with E-state index in [9.17, 15) is 66.7 Å². The third-order valence-corrected chi connectivity index (χ3v) is 7.46. The van der Waals surface area contributed by atoms with Crippen molar-refractivity contribution < 1.29 is 76.1 Å². The van der Waals surface area contributed by atoms with Gasteiger partial charge >= 0.3 is 30.4 Å². The summed E-state index contributed by atoms with van der Waals surface area (Å²) in [4.78, 5) is 22.6. The van der Waals surface area contributed by atoms with Gasteiger partial charge in [0.25, 0.3) is 0 Å². The molecule has 0 aliphatic heterocycles. The number of benzene rings is 4. The van der Waals surface area contributed by atoms with E-state index in [1.807, 2.05) is 0 Å². The van der Waals surface area contributed by atoms with Crippen LogP contribution in [0.4, 0.5) is 68.5 Å². The molecule has 19 heteroatoms. The molecule has 4 aromatic rings. The first-order valence-electron chi connectivity index (χ1n) is 14.6. The smallest absolute Gasteiger partial charge is 0.457 e. The Morgan fingerprint density at radius 3 is 1.25 bits per heavy atom. The highest BCUT2D eigenvalue weighted by molar-refractivity contribution is 5.90. The van der Waals surface area contributed by atoms with Gasteiger partial charge < -0.3 is 20.1 Å². The molecule has 0 aliphatic carbocycles. The molecule has 0 unspecified atom stereocenters. The number of nitrogens with one attached hydrogen (secondary N) is 2. The minimum Gasteiger partial charge on any atom is -0.457 e. The lowest BCUT2D eigenvalue weighted by Gasteiger charge is -2.38. The van der Waals surface area contributed by atoms with Gasteiger partial charge in [0.2, 0.25) is 17.2 Å². The lowest BCUT2D eigenvalue weighted by molar-refractivity contribution is -0.359. The largest absolute Gasteiger partial charge is 0.460 e. The van der Waals surface area contributed by atoms with E-state index in [1.54, 1.807) is 5.32 Å². The molecule has 0 aromatic heterocycles. The van der Waals surface area contributed by atoms with Gasteiger partial charge in [0.05, 0.1) is 11.3 Å². The van der Waals surface area contributed by atoms with Crippen LogP contribution in [0.1, 0.15) is 30.5 Å². The fraction of sp³-hybridized carbons (Fsp3) is 0.235. The summed E-state index contributed by atoms with van der Waals surface area (Å²) in [5.74, 6) is -15.8. The Labute approximate surface area is 290 Å². The Morgan fingerprint density at radius 2 is 0.868 bits per heavy atom. The lowest BCUT2D eigenvalue weighted by Crippen LogP contribution is -2.54. The van der Waals surface area contributed by atoms with Crippen molar-refractivity contribution in [2.45, 2.75) is 49.6 Å². The van der Waals surface area contributed by atoms with Gasteiger partial charge in [0, 0.05) is 19.5 Å². The summed E-state index contributed by atoms with van der Waals surface area (Å²) in [6, 6.07) is 11.3. The molecule has 0 aliphatic rings. The molecule has 0 fully saturated rings. The van der Waals surface area contributed by atoms with Crippen molar-refractivity contribution in [1.29, 1.82) is 0 Å². The number of rotatable bonds is 10. The highest BCUT2D eigenvalue weighted by Crippen LogP contribution is 2.57. The van der Waals surface area contributed by atoms with E-state index in [2.05, 4.69) is 5.32 Å². The molecule has 4 rings (SSSR count). The minimum absolute atomic E-state index is 0.00440. The number of amides is 2. The fourth-order valence-electron chi connectivity index (χ4n) is 5.10. The van der Waals surface area contributed by atoms with Crippen LogP contribution in [-0.2, 0) is 20.9 Å². The van der Waals surface area contributed by atoms with E-state index in [0.717, 1.165) is 19.1 Å². The van der Waals surface area contributed by atoms with Crippen LogP contribution in [0.5, 0.6) is 23.0 Å². The zero-order chi connectivity index (χ0) is 39.8. The molecule has 0 spiro atoms. The van der Waals surface area contributed by atoms with Crippen molar-refractivity contribution in [3.63, 3.8) is 0 Å². The van der Waals surface area contributed by atoms with Gasteiger partial charge in [0.15, 0.2) is 0 Å². The second-order valence-corrected chi connectivity index (χ2v) is 11.2. The molecule has 2 N–H and O–H groups in total. The number of carbonyl (C=O) groups is 2. The number of hydrogen-bond donors (Lipinski definition) is 2. The predicted octanol–water partition coefficient (Wildman–Crippen LogP) is 10.9. The Balaban J connectivity index is 1.71. The molecule has 284 valence electrons. The number of ether oxygens (including phenoxy) is 2. The quantitative estimate of drug-likeness (QED) is 0.158. The van der Waals surface area contributed by atoms with Crippen molar-refractivity contribution in [2.24, 2.45) is 0 Å². The topological polar surface area (TPSA) is 76.7 Å². The zero-order valence-electron chi connectivity index (χ0n) is 26.7. The predicted molar refractivity (Wildman–Crippen MR) is 162 cm³/mol. The molecule has 2 amide bonds. The van der Waals surface area contributed by atoms with Crippen LogP contribution < -0.4 is 20.1 Å². The van der Waals surface area contributed by atoms with E-state index in [0.29, 0.717) is 54.2 Å². The highest BCUT2D eigenvalue weighted by atomic mass is 19.4. The van der Waals surface area contributed by atoms with Crippen molar-refractivity contribution in [3.05, 3.63) is 108 Å². The maximum absolute atomic E-state index is 14.7. The average Bonchev–Trinajstić information content (AvgIpc) is 3.02. The van der Waals surface area contributed by atoms with Gasteiger partial charge in [-0.1, -0.05) is 24.3 Å². The molecule has 0 atom stereocenters. The van der Waals surface area contributed by atoms with Crippen LogP contribution in [0.25, 0.3) is 0 Å². The van der Waals surface area contributed by atoms with E-state index in [4.69, 9.17) is 9.47 Å². The summed E-state index contributed by atoms with van der Waals surface area (Å²) < 4.78 is 195. The van der Waals surface area contributed by atoms with Crippen LogP contribution >= 0.6 is 0 Å². The van der Waals surface area contributed by atoms with E-state index >= 15 is 0 Å². The SMILES string of the molecule is CC(=O)Nc1ccc(Oc2ccc(C(c3ccc(Oc4ccc(NC(C)=O)c(C(F)(F)C(F)(F)C(F)(F)F)c4)cc3)(C(F)(F)F)C(F)(F)F)cc2)cc1. The molecule has 0 saturated heterocycles. The number of anilines is 2. The first-order chi connectivity index (χ1) is 24.3. The standard InChI is InChI=1S/C34H23F13N2O4/c1-18(50)48-22-7-13-25(14-8-22)52-23-9-3-20(4-10-23)29(32(39,40)41,33(42,43)44)21-5-11-24(12-6-21)53-26-15-16-28(49-19(2)51)27(17-26)30(35,36)31(37,38)34(45,46)47/h3-17H,1-2H3,(H,48,50)(H,49,51). The summed E-state index contributed by atoms with van der Waals surface area (Å²) >= 11 is 0. The van der Waals surface area contributed by atoms with Crippen LogP contribution in [0, 0.1) is 0 Å². The number of carbonyl (C=O) groups excluding carboxylic acids is 2. The summed E-state index contributed by atoms with van der Waals surface area (Å²) in [5.41, 5.74) is -10.2. The van der Waals surface area contributed by atoms with E-state index in [-0.39, 0.29) is 23.5 Å². The van der Waals surface area contributed by atoms with Crippen LogP contribution in [0.15, 0.2) is 91.0 Å². The fourth-order valence-corrected chi connectivity index (χ4v) is 5.10. The molecule has 6 nitrogen and oxygen atoms in total. The second kappa shape index (κ2) is 14.1. The van der Waals surface area contributed by atoms with Crippen molar-refractivity contribution in [2.75, 3.05) is 10.6 Å². The molecule has 0 heterocycles. The lowest BCUT2D eigenvalue weighted by atomic mass is 9.73. The molecular formula is C34H23F13N2O4. The first kappa shape index (κ1) is 40.3. The van der Waals surface area contributed by atoms with Gasteiger partial charge in [-0.3, -0.25) is 9.59 Å². The highest BCUT2D eigenvalue weighted by Gasteiger charge is 2.74. The second-order valence-electron chi connectivity index (χ2n) is 11.2. The number of halogens is 13. The van der Waals surface area contributed by atoms with Gasteiger partial charge in [-0.2, -0.15) is 57.1 Å². The molecule has 4 aromatic carbocycles. The summed E-state index contributed by atoms with van der Waals surface area (Å²) in [7, 11) is 0. The summed E-state index contributed by atoms with van der Waals surface area (Å²) in [5, 5.41) is 4.17. The zero-order valence-corrected chi connectivity index (χ0v) is 26.7. The maximum atomic E-state index is 14.7. The average molecular weight is 771 g/mol. The number of alkyl halides is 13. The van der Waals surface area contributed by atoms with Crippen LogP contribution in [0.3, 0.4) is 0 Å². The summed E-state index contributed by atoms with van der Waals surface area (Å²) in [6.45, 7) is 1.99. The molecule has 0 bridgehead atoms. The monoisotopic (exact) mass is 770 g/mol. The normalized spacial score (nSPS) is 13.0. The third kappa shape index (κ3) is 7.97. The Morgan fingerprint density at radius 1 is 0.491 bits per heavy atom. The van der Waals surface area contributed by atoms with Gasteiger partial charge in [-0.15, -0.1) is 0 Å². The Kier molecular flexibility index (Phi) is 10.8. The van der Waals surface area contributed by atoms with Crippen molar-refractivity contribution >= 4 is 23.2 Å². The van der Waals surface area contributed by atoms with Crippen LogP contribution in [-0.4, -0.2) is 36.3 Å². The first-order valence-corrected chi connectivity index (χ1v) is 14.6. The van der Waals surface area contributed by atoms with Gasteiger partial charge in [-0.25, -0.2) is 0 Å². The Bertz CT molecular complexity index is 1920. The third-order valence-electron chi connectivity index (χ3n) is 7.46. The van der Waals surface area contributed by atoms with E-state index < -0.39 is 75.6 Å². The molecule has 53 heavy (non-hydrogen) atoms. The van der Waals surface area contributed by atoms with Crippen molar-refractivity contribution in [1.82, 2.24) is 0 Å². The molecule has 0 radical (unpaired) electrons.